The van der Waals surface area contributed by atoms with Gasteiger partial charge in [-0.25, -0.2) is 21.1 Å². The molecule has 1 aromatic carbocycles. The summed E-state index contributed by atoms with van der Waals surface area (Å²) in [6.45, 7) is 0. The van der Waals surface area contributed by atoms with E-state index in [1.54, 1.807) is 0 Å². The third-order valence-electron chi connectivity index (χ3n) is 1.94. The maximum atomic E-state index is 11.8. The number of benzene rings is 1. The minimum Gasteiger partial charge on any atom is -0.207 e. The number of hydrogen-bond donors (Lipinski definition) is 0. The molecule has 0 aliphatic heterocycles. The van der Waals surface area contributed by atoms with Crippen molar-refractivity contribution in [2.45, 2.75) is 9.79 Å². The largest absolute Gasteiger partial charge is 0.262 e. The van der Waals surface area contributed by atoms with Crippen LogP contribution in [-0.2, 0) is 19.1 Å². The molecule has 0 unspecified atom stereocenters. The molecule has 0 heterocycles. The van der Waals surface area contributed by atoms with Gasteiger partial charge >= 0.3 is 0 Å². The van der Waals surface area contributed by atoms with Gasteiger partial charge in [-0.2, -0.15) is 0 Å². The number of sulfonamides is 1. The molecule has 0 saturated carbocycles. The molecule has 96 valence electrons. The molecule has 0 atom stereocenters. The Balaban J connectivity index is 3.54. The van der Waals surface area contributed by atoms with Crippen LogP contribution in [0, 0.1) is 0 Å². The number of halogens is 2. The lowest BCUT2D eigenvalue weighted by atomic mass is 10.4. The van der Waals surface area contributed by atoms with Gasteiger partial charge < -0.3 is 0 Å². The lowest BCUT2D eigenvalue weighted by Gasteiger charge is -2.12. The van der Waals surface area contributed by atoms with Crippen LogP contribution in [-0.4, -0.2) is 35.2 Å². The van der Waals surface area contributed by atoms with Crippen molar-refractivity contribution in [2.24, 2.45) is 0 Å². The molecule has 0 fully saturated rings. The fourth-order valence-corrected chi connectivity index (χ4v) is 3.54. The maximum Gasteiger partial charge on any atom is 0.262 e. The topological polar surface area (TPSA) is 71.5 Å². The predicted molar refractivity (Wildman–Crippen MR) is 65.4 cm³/mol. The SMILES string of the molecule is CN(C)S(=O)(=O)c1ccc(Cl)c(S(=O)(=O)Cl)c1. The van der Waals surface area contributed by atoms with Crippen molar-refractivity contribution in [2.75, 3.05) is 14.1 Å². The minimum atomic E-state index is -4.08. The first-order chi connectivity index (χ1) is 7.56. The van der Waals surface area contributed by atoms with E-state index < -0.39 is 24.0 Å². The van der Waals surface area contributed by atoms with Crippen LogP contribution >= 0.6 is 22.3 Å². The number of nitrogens with zero attached hydrogens (tertiary/aromatic N) is 1. The fraction of sp³-hybridized carbons (Fsp3) is 0.250. The summed E-state index contributed by atoms with van der Waals surface area (Å²) in [6, 6.07) is 3.32. The van der Waals surface area contributed by atoms with Gasteiger partial charge in [-0.05, 0) is 18.2 Å². The molecule has 0 N–H and O–H groups in total. The molecule has 0 bridgehead atoms. The summed E-state index contributed by atoms with van der Waals surface area (Å²) in [5.74, 6) is 0. The van der Waals surface area contributed by atoms with Gasteiger partial charge in [0.2, 0.25) is 10.0 Å². The Bertz CT molecular complexity index is 637. The van der Waals surface area contributed by atoms with Crippen LogP contribution in [0.2, 0.25) is 5.02 Å². The maximum absolute atomic E-state index is 11.8. The van der Waals surface area contributed by atoms with Crippen molar-refractivity contribution >= 4 is 41.4 Å². The highest BCUT2D eigenvalue weighted by molar-refractivity contribution is 8.13. The van der Waals surface area contributed by atoms with Crippen molar-refractivity contribution in [3.63, 3.8) is 0 Å². The third-order valence-corrected chi connectivity index (χ3v) is 5.56. The van der Waals surface area contributed by atoms with E-state index in [0.29, 0.717) is 0 Å². The number of rotatable bonds is 3. The second-order valence-electron chi connectivity index (χ2n) is 3.32. The molecule has 5 nitrogen and oxygen atoms in total. The lowest BCUT2D eigenvalue weighted by Crippen LogP contribution is -2.22. The zero-order chi connectivity index (χ0) is 13.4. The van der Waals surface area contributed by atoms with Crippen LogP contribution in [0.5, 0.6) is 0 Å². The van der Waals surface area contributed by atoms with Gasteiger partial charge in [-0.15, -0.1) is 0 Å². The summed E-state index contributed by atoms with van der Waals surface area (Å²) in [6.07, 6.45) is 0. The van der Waals surface area contributed by atoms with Crippen molar-refractivity contribution in [1.82, 2.24) is 4.31 Å². The summed E-state index contributed by atoms with van der Waals surface area (Å²) in [5.41, 5.74) is 0. The Morgan fingerprint density at radius 2 is 1.65 bits per heavy atom. The highest BCUT2D eigenvalue weighted by Gasteiger charge is 2.22. The van der Waals surface area contributed by atoms with Gasteiger partial charge in [0.05, 0.1) is 9.92 Å². The van der Waals surface area contributed by atoms with Crippen molar-refractivity contribution in [3.8, 4) is 0 Å². The predicted octanol–water partition coefficient (Wildman–Crippen LogP) is 1.52. The van der Waals surface area contributed by atoms with Gasteiger partial charge in [-0.1, -0.05) is 11.6 Å². The molecular formula is C8H9Cl2NO4S2. The Kier molecular flexibility index (Phi) is 4.10. The van der Waals surface area contributed by atoms with Crippen LogP contribution in [0.15, 0.2) is 28.0 Å². The van der Waals surface area contributed by atoms with E-state index in [4.69, 9.17) is 22.3 Å². The molecule has 0 radical (unpaired) electrons. The molecule has 0 saturated heterocycles. The summed E-state index contributed by atoms with van der Waals surface area (Å²) in [7, 11) is -0.000368. The molecule has 17 heavy (non-hydrogen) atoms. The standard InChI is InChI=1S/C8H9Cl2NO4S2/c1-11(2)17(14,15)6-3-4-7(9)8(5-6)16(10,12)13/h3-5H,1-2H3. The second-order valence-corrected chi connectivity index (χ2v) is 8.41. The molecular weight excluding hydrogens is 309 g/mol. The highest BCUT2D eigenvalue weighted by atomic mass is 35.7. The van der Waals surface area contributed by atoms with E-state index >= 15 is 0 Å². The zero-order valence-corrected chi connectivity index (χ0v) is 12.0. The van der Waals surface area contributed by atoms with E-state index in [1.165, 1.54) is 26.2 Å². The minimum absolute atomic E-state index is 0.127. The Morgan fingerprint density at radius 3 is 2.06 bits per heavy atom. The van der Waals surface area contributed by atoms with E-state index in [0.717, 1.165) is 10.4 Å². The first-order valence-electron chi connectivity index (χ1n) is 4.23. The monoisotopic (exact) mass is 317 g/mol. The van der Waals surface area contributed by atoms with E-state index in [2.05, 4.69) is 0 Å². The van der Waals surface area contributed by atoms with E-state index in [1.807, 2.05) is 0 Å². The Hall–Kier alpha value is -0.340. The molecule has 1 rings (SSSR count). The van der Waals surface area contributed by atoms with Gasteiger partial charge in [0, 0.05) is 24.8 Å². The quantitative estimate of drug-likeness (QED) is 0.792. The van der Waals surface area contributed by atoms with Gasteiger partial charge in [0.15, 0.2) is 0 Å². The average Bonchev–Trinajstić information content (AvgIpc) is 2.15. The fourth-order valence-electron chi connectivity index (χ4n) is 1.04. The van der Waals surface area contributed by atoms with Gasteiger partial charge in [-0.3, -0.25) is 0 Å². The molecule has 1 aromatic rings. The van der Waals surface area contributed by atoms with Gasteiger partial charge in [0.25, 0.3) is 9.05 Å². The molecule has 0 spiro atoms. The molecule has 0 aliphatic carbocycles. The molecule has 0 aromatic heterocycles. The van der Waals surface area contributed by atoms with E-state index in [-0.39, 0.29) is 9.92 Å². The van der Waals surface area contributed by atoms with Crippen LogP contribution in [0.3, 0.4) is 0 Å². The first kappa shape index (κ1) is 14.7. The van der Waals surface area contributed by atoms with Crippen molar-refractivity contribution in [3.05, 3.63) is 23.2 Å². The third kappa shape index (κ3) is 3.11. The molecule has 0 amide bonds. The lowest BCUT2D eigenvalue weighted by molar-refractivity contribution is 0.520. The summed E-state index contributed by atoms with van der Waals surface area (Å²) in [4.78, 5) is -0.616. The number of hydrogen-bond acceptors (Lipinski definition) is 4. The zero-order valence-electron chi connectivity index (χ0n) is 8.88. The second kappa shape index (κ2) is 4.74. The van der Waals surface area contributed by atoms with Gasteiger partial charge in [0.1, 0.15) is 4.90 Å². The molecule has 0 aliphatic rings. The van der Waals surface area contributed by atoms with Crippen LogP contribution in [0.4, 0.5) is 0 Å². The summed E-state index contributed by atoms with van der Waals surface area (Å²) < 4.78 is 46.8. The molecule has 9 heteroatoms. The summed E-state index contributed by atoms with van der Waals surface area (Å²) in [5, 5.41) is -0.127. The van der Waals surface area contributed by atoms with Crippen molar-refractivity contribution < 1.29 is 16.8 Å². The van der Waals surface area contributed by atoms with E-state index in [9.17, 15) is 16.8 Å². The normalized spacial score (nSPS) is 13.0. The van der Waals surface area contributed by atoms with Crippen LogP contribution in [0.1, 0.15) is 0 Å². The van der Waals surface area contributed by atoms with Crippen LogP contribution < -0.4 is 0 Å². The summed E-state index contributed by atoms with van der Waals surface area (Å²) >= 11 is 5.64. The highest BCUT2D eigenvalue weighted by Crippen LogP contribution is 2.28. The average molecular weight is 318 g/mol. The van der Waals surface area contributed by atoms with Crippen LogP contribution in [0.25, 0.3) is 0 Å². The Labute approximate surface area is 109 Å². The first-order valence-corrected chi connectivity index (χ1v) is 8.36. The van der Waals surface area contributed by atoms with Crippen molar-refractivity contribution in [1.29, 1.82) is 0 Å². The Morgan fingerprint density at radius 1 is 1.12 bits per heavy atom. The smallest absolute Gasteiger partial charge is 0.207 e.